The van der Waals surface area contributed by atoms with E-state index in [0.717, 1.165) is 16.2 Å². The number of imide groups is 1. The SMILES string of the molecule is COc1ccc(C2=C(Nc3ccccc3C)C(=O)N(Cc3ccccc3F)C2=O)cc1. The average Bonchev–Trinajstić information content (AvgIpc) is 3.01. The van der Waals surface area contributed by atoms with Crippen LogP contribution in [0.25, 0.3) is 5.57 Å². The normalized spacial score (nSPS) is 13.7. The molecule has 1 heterocycles. The highest BCUT2D eigenvalue weighted by atomic mass is 19.1. The first-order chi connectivity index (χ1) is 15.0. The zero-order valence-electron chi connectivity index (χ0n) is 17.2. The largest absolute Gasteiger partial charge is 0.497 e. The van der Waals surface area contributed by atoms with Crippen LogP contribution in [0.3, 0.4) is 0 Å². The van der Waals surface area contributed by atoms with Crippen LogP contribution < -0.4 is 10.1 Å². The van der Waals surface area contributed by atoms with Gasteiger partial charge in [0, 0.05) is 11.3 Å². The second-order valence-electron chi connectivity index (χ2n) is 7.21. The molecule has 6 heteroatoms. The molecule has 0 saturated heterocycles. The van der Waals surface area contributed by atoms with Crippen LogP contribution in [-0.2, 0) is 16.1 Å². The molecule has 4 rings (SSSR count). The van der Waals surface area contributed by atoms with Crippen molar-refractivity contribution >= 4 is 23.1 Å². The summed E-state index contributed by atoms with van der Waals surface area (Å²) in [5.41, 5.74) is 2.91. The Hall–Kier alpha value is -3.93. The van der Waals surface area contributed by atoms with Crippen molar-refractivity contribution in [2.75, 3.05) is 12.4 Å². The molecule has 1 aliphatic rings. The zero-order valence-corrected chi connectivity index (χ0v) is 17.2. The van der Waals surface area contributed by atoms with Gasteiger partial charge in [-0.2, -0.15) is 0 Å². The molecular weight excluding hydrogens is 395 g/mol. The lowest BCUT2D eigenvalue weighted by atomic mass is 10.0. The van der Waals surface area contributed by atoms with E-state index < -0.39 is 17.6 Å². The van der Waals surface area contributed by atoms with E-state index in [0.29, 0.717) is 11.3 Å². The molecule has 0 fully saturated rings. The van der Waals surface area contributed by atoms with Gasteiger partial charge in [-0.25, -0.2) is 4.39 Å². The van der Waals surface area contributed by atoms with Gasteiger partial charge in [-0.1, -0.05) is 48.5 Å². The number of carbonyl (C=O) groups excluding carboxylic acids is 2. The van der Waals surface area contributed by atoms with Crippen LogP contribution in [0.5, 0.6) is 5.75 Å². The number of nitrogens with one attached hydrogen (secondary N) is 1. The van der Waals surface area contributed by atoms with Gasteiger partial charge < -0.3 is 10.1 Å². The maximum Gasteiger partial charge on any atom is 0.278 e. The summed E-state index contributed by atoms with van der Waals surface area (Å²) in [5, 5.41) is 3.14. The van der Waals surface area contributed by atoms with E-state index in [1.807, 2.05) is 31.2 Å². The third-order valence-corrected chi connectivity index (χ3v) is 5.24. The average molecular weight is 416 g/mol. The van der Waals surface area contributed by atoms with E-state index in [1.54, 1.807) is 49.6 Å². The van der Waals surface area contributed by atoms with Crippen molar-refractivity contribution in [3.05, 3.63) is 101 Å². The molecule has 0 bridgehead atoms. The molecule has 3 aromatic rings. The molecule has 1 N–H and O–H groups in total. The van der Waals surface area contributed by atoms with Crippen molar-refractivity contribution in [1.82, 2.24) is 4.90 Å². The summed E-state index contributed by atoms with van der Waals surface area (Å²) in [6.45, 7) is 1.76. The molecule has 0 atom stereocenters. The lowest BCUT2D eigenvalue weighted by molar-refractivity contribution is -0.137. The molecule has 2 amide bonds. The lowest BCUT2D eigenvalue weighted by Crippen LogP contribution is -2.32. The van der Waals surface area contributed by atoms with Crippen LogP contribution in [0.15, 0.2) is 78.5 Å². The maximum atomic E-state index is 14.2. The number of benzene rings is 3. The van der Waals surface area contributed by atoms with Gasteiger partial charge in [-0.3, -0.25) is 14.5 Å². The first-order valence-electron chi connectivity index (χ1n) is 9.80. The topological polar surface area (TPSA) is 58.6 Å². The fraction of sp³-hybridized carbons (Fsp3) is 0.120. The number of carbonyl (C=O) groups is 2. The van der Waals surface area contributed by atoms with E-state index in [-0.39, 0.29) is 23.4 Å². The quantitative estimate of drug-likeness (QED) is 0.600. The van der Waals surface area contributed by atoms with Crippen LogP contribution >= 0.6 is 0 Å². The fourth-order valence-corrected chi connectivity index (χ4v) is 3.51. The Bertz CT molecular complexity index is 1190. The van der Waals surface area contributed by atoms with E-state index in [4.69, 9.17) is 4.74 Å². The Kier molecular flexibility index (Phi) is 5.54. The summed E-state index contributed by atoms with van der Waals surface area (Å²) in [4.78, 5) is 27.7. The molecule has 0 unspecified atom stereocenters. The van der Waals surface area contributed by atoms with Crippen LogP contribution in [0, 0.1) is 12.7 Å². The van der Waals surface area contributed by atoms with Crippen molar-refractivity contribution < 1.29 is 18.7 Å². The summed E-state index contributed by atoms with van der Waals surface area (Å²) >= 11 is 0. The van der Waals surface area contributed by atoms with E-state index >= 15 is 0 Å². The molecule has 31 heavy (non-hydrogen) atoms. The maximum absolute atomic E-state index is 14.2. The Morgan fingerprint density at radius 2 is 1.58 bits per heavy atom. The number of hydrogen-bond donors (Lipinski definition) is 1. The highest BCUT2D eigenvalue weighted by Crippen LogP contribution is 2.33. The second kappa shape index (κ2) is 8.44. The predicted molar refractivity (Wildman–Crippen MR) is 117 cm³/mol. The molecule has 0 saturated carbocycles. The van der Waals surface area contributed by atoms with E-state index in [9.17, 15) is 14.0 Å². The van der Waals surface area contributed by atoms with Crippen molar-refractivity contribution in [1.29, 1.82) is 0 Å². The molecule has 3 aromatic carbocycles. The number of ether oxygens (including phenoxy) is 1. The molecule has 0 radical (unpaired) electrons. The van der Waals surface area contributed by atoms with Gasteiger partial charge >= 0.3 is 0 Å². The van der Waals surface area contributed by atoms with Crippen LogP contribution in [0.4, 0.5) is 10.1 Å². The fourth-order valence-electron chi connectivity index (χ4n) is 3.51. The molecule has 5 nitrogen and oxygen atoms in total. The predicted octanol–water partition coefficient (Wildman–Crippen LogP) is 4.53. The smallest absolute Gasteiger partial charge is 0.278 e. The zero-order chi connectivity index (χ0) is 22.0. The number of anilines is 1. The Labute approximate surface area is 179 Å². The molecule has 0 aliphatic carbocycles. The van der Waals surface area contributed by atoms with Gasteiger partial charge in [-0.15, -0.1) is 0 Å². The molecule has 0 aromatic heterocycles. The number of para-hydroxylation sites is 1. The summed E-state index contributed by atoms with van der Waals surface area (Å²) in [7, 11) is 1.56. The van der Waals surface area contributed by atoms with Gasteiger partial charge in [0.1, 0.15) is 17.3 Å². The van der Waals surface area contributed by atoms with Crippen molar-refractivity contribution in [3.8, 4) is 5.75 Å². The molecule has 0 spiro atoms. The van der Waals surface area contributed by atoms with Gasteiger partial charge in [0.05, 0.1) is 19.2 Å². The molecular formula is C25H21FN2O3. The van der Waals surface area contributed by atoms with Gasteiger partial charge in [0.15, 0.2) is 0 Å². The Morgan fingerprint density at radius 1 is 0.903 bits per heavy atom. The number of methoxy groups -OCH3 is 1. The number of aryl methyl sites for hydroxylation is 1. The number of hydrogen-bond acceptors (Lipinski definition) is 4. The molecule has 156 valence electrons. The lowest BCUT2D eigenvalue weighted by Gasteiger charge is -2.16. The highest BCUT2D eigenvalue weighted by Gasteiger charge is 2.39. The summed E-state index contributed by atoms with van der Waals surface area (Å²) in [5.74, 6) is -0.802. The van der Waals surface area contributed by atoms with Crippen LogP contribution in [0.1, 0.15) is 16.7 Å². The van der Waals surface area contributed by atoms with Crippen molar-refractivity contribution in [3.63, 3.8) is 0 Å². The van der Waals surface area contributed by atoms with Crippen LogP contribution in [0.2, 0.25) is 0 Å². The third kappa shape index (κ3) is 3.92. The van der Waals surface area contributed by atoms with Crippen molar-refractivity contribution in [2.24, 2.45) is 0 Å². The minimum absolute atomic E-state index is 0.150. The van der Waals surface area contributed by atoms with E-state index in [1.165, 1.54) is 6.07 Å². The number of amides is 2. The molecule has 1 aliphatic heterocycles. The van der Waals surface area contributed by atoms with E-state index in [2.05, 4.69) is 5.32 Å². The first-order valence-corrected chi connectivity index (χ1v) is 9.80. The first kappa shape index (κ1) is 20.3. The third-order valence-electron chi connectivity index (χ3n) is 5.24. The summed E-state index contributed by atoms with van der Waals surface area (Å²) in [6, 6.07) is 20.5. The standard InChI is InChI=1S/C25H21FN2O3/c1-16-7-3-6-10-21(16)27-23-22(17-11-13-19(31-2)14-12-17)24(29)28(25(23)30)15-18-8-4-5-9-20(18)26/h3-14,27H,15H2,1-2H3. The number of rotatable bonds is 6. The van der Waals surface area contributed by atoms with Gasteiger partial charge in [0.25, 0.3) is 11.8 Å². The second-order valence-corrected chi connectivity index (χ2v) is 7.21. The Balaban J connectivity index is 1.76. The number of nitrogens with zero attached hydrogens (tertiary/aromatic N) is 1. The minimum Gasteiger partial charge on any atom is -0.497 e. The van der Waals surface area contributed by atoms with Crippen LogP contribution in [-0.4, -0.2) is 23.8 Å². The Morgan fingerprint density at radius 3 is 2.26 bits per heavy atom. The number of halogens is 1. The highest BCUT2D eigenvalue weighted by molar-refractivity contribution is 6.36. The van der Waals surface area contributed by atoms with Gasteiger partial charge in [-0.05, 0) is 42.3 Å². The van der Waals surface area contributed by atoms with Crippen molar-refractivity contribution in [2.45, 2.75) is 13.5 Å². The summed E-state index contributed by atoms with van der Waals surface area (Å²) in [6.07, 6.45) is 0. The monoisotopic (exact) mass is 416 g/mol. The van der Waals surface area contributed by atoms with Gasteiger partial charge in [0.2, 0.25) is 0 Å². The minimum atomic E-state index is -0.498. The summed E-state index contributed by atoms with van der Waals surface area (Å²) < 4.78 is 19.4.